The summed E-state index contributed by atoms with van der Waals surface area (Å²) in [5.41, 5.74) is 7.92. The maximum atomic E-state index is 13.0. The lowest BCUT2D eigenvalue weighted by Crippen LogP contribution is -2.45. The Balaban J connectivity index is 0.000000323. The zero-order valence-corrected chi connectivity index (χ0v) is 31.7. The molecule has 4 rings (SSSR count). The molecule has 0 bridgehead atoms. The lowest BCUT2D eigenvalue weighted by molar-refractivity contribution is -0.166. The van der Waals surface area contributed by atoms with Crippen molar-refractivity contribution in [2.24, 2.45) is 5.73 Å². The van der Waals surface area contributed by atoms with Crippen molar-refractivity contribution in [3.8, 4) is 0 Å². The van der Waals surface area contributed by atoms with Gasteiger partial charge in [0.25, 0.3) is 0 Å². The maximum Gasteiger partial charge on any atom is 0.349 e. The minimum absolute atomic E-state index is 0.0332. The number of nitrogens with one attached hydrogen (secondary N) is 1. The molecule has 0 amide bonds. The van der Waals surface area contributed by atoms with Gasteiger partial charge in [-0.25, -0.2) is 28.8 Å². The van der Waals surface area contributed by atoms with Crippen LogP contribution >= 0.6 is 11.6 Å². The first-order valence-corrected chi connectivity index (χ1v) is 17.1. The van der Waals surface area contributed by atoms with Crippen LogP contribution < -0.4 is 11.1 Å². The lowest BCUT2D eigenvalue weighted by Gasteiger charge is -2.31. The molecule has 0 saturated carbocycles. The van der Waals surface area contributed by atoms with Gasteiger partial charge >= 0.3 is 35.8 Å². The molecular formula is C40H43ClN2O13. The van der Waals surface area contributed by atoms with Crippen LogP contribution in [0.1, 0.15) is 62.7 Å². The maximum absolute atomic E-state index is 13.0. The van der Waals surface area contributed by atoms with E-state index < -0.39 is 73.6 Å². The number of allylic oxidation sites excluding steroid dienone is 1. The van der Waals surface area contributed by atoms with E-state index in [9.17, 15) is 39.0 Å². The molecule has 0 spiro atoms. The molecule has 298 valence electrons. The highest BCUT2D eigenvalue weighted by molar-refractivity contribution is 6.31. The molecule has 0 radical (unpaired) electrons. The highest BCUT2D eigenvalue weighted by Crippen LogP contribution is 2.41. The Hall–Kier alpha value is -6.03. The van der Waals surface area contributed by atoms with Gasteiger partial charge in [0.2, 0.25) is 12.2 Å². The summed E-state index contributed by atoms with van der Waals surface area (Å²) in [6.45, 7) is 0.561. The number of carbonyl (C=O) groups is 6. The number of hydrogen-bond donors (Lipinski definition) is 4. The van der Waals surface area contributed by atoms with Crippen LogP contribution in [-0.2, 0) is 42.9 Å². The van der Waals surface area contributed by atoms with E-state index in [0.717, 1.165) is 11.1 Å². The predicted octanol–water partition coefficient (Wildman–Crippen LogP) is 4.49. The first-order valence-electron chi connectivity index (χ1n) is 18.7. The second kappa shape index (κ2) is 21.2. The number of aliphatic carboxylic acids is 2. The number of carbonyl (C=O) groups excluding carboxylic acids is 4. The summed E-state index contributed by atoms with van der Waals surface area (Å²) in [7, 11) is 1.20. The summed E-state index contributed by atoms with van der Waals surface area (Å²) >= 11 is 6.40. The summed E-state index contributed by atoms with van der Waals surface area (Å²) in [6.07, 6.45) is -4.44. The van der Waals surface area contributed by atoms with E-state index in [1.54, 1.807) is 76.2 Å². The van der Waals surface area contributed by atoms with Crippen LogP contribution in [0.15, 0.2) is 95.3 Å². The molecule has 0 aliphatic carbocycles. The number of dihydropyridines is 1. The van der Waals surface area contributed by atoms with Crippen molar-refractivity contribution in [1.82, 2.24) is 5.32 Å². The predicted molar refractivity (Wildman–Crippen MR) is 202 cm³/mol. The van der Waals surface area contributed by atoms with Crippen LogP contribution in [0.2, 0.25) is 5.02 Å². The highest BCUT2D eigenvalue weighted by atomic mass is 35.5. The Morgan fingerprint density at radius 1 is 0.786 bits per heavy atom. The molecule has 0 saturated heterocycles. The van der Waals surface area contributed by atoms with Crippen LogP contribution in [0, 0.1) is 13.8 Å². The number of benzene rings is 3. The second-order valence-corrected chi connectivity index (χ2v) is 12.2. The smallest absolute Gasteiger partial charge is 0.349 e. The van der Waals surface area contributed by atoms with E-state index in [-0.39, 0.29) is 39.6 Å². The molecule has 0 aromatic heterocycles. The Labute approximate surface area is 333 Å². The molecular weight excluding hydrogens is 752 g/mol. The molecule has 1 aliphatic heterocycles. The Kier molecular flexibility index (Phi) is 14.5. The van der Waals surface area contributed by atoms with Gasteiger partial charge in [-0.2, -0.15) is 0 Å². The van der Waals surface area contributed by atoms with Gasteiger partial charge in [-0.15, -0.1) is 0 Å². The third-order valence-electron chi connectivity index (χ3n) is 7.91. The number of rotatable bonds is 15. The fourth-order valence-corrected chi connectivity index (χ4v) is 5.49. The van der Waals surface area contributed by atoms with Gasteiger partial charge in [-0.3, -0.25) is 0 Å². The van der Waals surface area contributed by atoms with Crippen molar-refractivity contribution in [3.63, 3.8) is 0 Å². The van der Waals surface area contributed by atoms with Crippen molar-refractivity contribution in [1.29, 1.82) is 0 Å². The molecule has 3 atom stereocenters. The van der Waals surface area contributed by atoms with Crippen molar-refractivity contribution in [3.05, 3.63) is 128 Å². The molecule has 0 fully saturated rings. The average molecular weight is 799 g/mol. The Morgan fingerprint density at radius 3 is 1.71 bits per heavy atom. The first-order chi connectivity index (χ1) is 28.0. The SMILES string of the molecule is Cc1ccc(C(=O)O[C@H](C(=O)O)[C@H](OC(=O)c2ccc(C)cc2)C(=O)O)cc1.[2H]C([2H])(N)C([2H])([2H])OCC1=C(C(=O)OCC)[C@@H](c2ccccc2Cl)C(C(=O)OC)=C(C)N1. The van der Waals surface area contributed by atoms with Gasteiger partial charge in [-0.1, -0.05) is 65.2 Å². The molecule has 1 aliphatic rings. The highest BCUT2D eigenvalue weighted by Gasteiger charge is 2.41. The topological polar surface area (TPSA) is 227 Å². The first kappa shape index (κ1) is 38.3. The van der Waals surface area contributed by atoms with Crippen molar-refractivity contribution in [2.75, 3.05) is 33.4 Å². The number of aryl methyl sites for hydroxylation is 2. The summed E-state index contributed by atoms with van der Waals surface area (Å²) in [5.74, 6) is -8.11. The zero-order valence-electron chi connectivity index (χ0n) is 34.9. The molecule has 15 nitrogen and oxygen atoms in total. The van der Waals surface area contributed by atoms with Gasteiger partial charge in [0.15, 0.2) is 0 Å². The van der Waals surface area contributed by atoms with Gasteiger partial charge in [0.05, 0.1) is 63.5 Å². The van der Waals surface area contributed by atoms with Crippen molar-refractivity contribution < 1.29 is 68.1 Å². The third-order valence-corrected chi connectivity index (χ3v) is 8.26. The average Bonchev–Trinajstić information content (AvgIpc) is 3.18. The van der Waals surface area contributed by atoms with Crippen molar-refractivity contribution >= 4 is 47.4 Å². The molecule has 16 heteroatoms. The van der Waals surface area contributed by atoms with Gasteiger partial charge in [-0.05, 0) is 63.6 Å². The number of carboxylic acids is 2. The van der Waals surface area contributed by atoms with E-state index in [1.807, 2.05) is 0 Å². The fraction of sp³-hybridized carbons (Fsp3) is 0.300. The van der Waals surface area contributed by atoms with Crippen LogP contribution in [0.4, 0.5) is 0 Å². The quantitative estimate of drug-likeness (QED) is 0.123. The molecule has 3 aromatic rings. The third kappa shape index (κ3) is 11.7. The Morgan fingerprint density at radius 2 is 1.29 bits per heavy atom. The fourth-order valence-electron chi connectivity index (χ4n) is 5.24. The summed E-state index contributed by atoms with van der Waals surface area (Å²) in [6, 6.07) is 18.7. The molecule has 3 aromatic carbocycles. The number of carboxylic acid groups (broad SMARTS) is 2. The summed E-state index contributed by atoms with van der Waals surface area (Å²) < 4.78 is 55.3. The van der Waals surface area contributed by atoms with E-state index in [0.29, 0.717) is 11.3 Å². The number of hydrogen-bond acceptors (Lipinski definition) is 13. The van der Waals surface area contributed by atoms with Gasteiger partial charge in [0.1, 0.15) is 0 Å². The molecule has 0 unspecified atom stereocenters. The van der Waals surface area contributed by atoms with Crippen LogP contribution in [0.25, 0.3) is 0 Å². The largest absolute Gasteiger partial charge is 0.478 e. The lowest BCUT2D eigenvalue weighted by atomic mass is 9.80. The van der Waals surface area contributed by atoms with Gasteiger partial charge in [0, 0.05) is 20.0 Å². The van der Waals surface area contributed by atoms with E-state index in [4.69, 9.17) is 46.5 Å². The normalized spacial score (nSPS) is 16.2. The number of halogens is 1. The minimum atomic E-state index is -2.87. The molecule has 1 heterocycles. The zero-order chi connectivity index (χ0) is 45.1. The minimum Gasteiger partial charge on any atom is -0.478 e. The van der Waals surface area contributed by atoms with E-state index in [2.05, 4.69) is 5.32 Å². The van der Waals surface area contributed by atoms with Crippen LogP contribution in [0.5, 0.6) is 0 Å². The molecule has 56 heavy (non-hydrogen) atoms. The number of nitrogens with two attached hydrogens (primary N) is 1. The number of methoxy groups -OCH3 is 1. The standard InChI is InChI=1S/C20H25ClN2O5.C20H18O8/c1-4-28-20(25)18-15(11-27-10-9-22)23-12(2)16(19(24)26-3)17(18)13-7-5-6-8-14(13)21;1-11-3-7-13(8-4-11)19(25)27-15(17(21)22)16(18(23)24)28-20(26)14-9-5-12(2)6-10-14/h5-8,17,23H,4,9-11,22H2,1-3H3;3-10,15-16H,1-2H3,(H,21,22)(H,23,24)/t17-;15-,16-/m00/s1/i9D2,10D2;. The van der Waals surface area contributed by atoms with E-state index in [1.165, 1.54) is 31.4 Å². The Bertz CT molecular complexity index is 2080. The van der Waals surface area contributed by atoms with Crippen LogP contribution in [0.3, 0.4) is 0 Å². The monoisotopic (exact) mass is 798 g/mol. The number of ether oxygens (including phenoxy) is 5. The second-order valence-electron chi connectivity index (χ2n) is 11.8. The summed E-state index contributed by atoms with van der Waals surface area (Å²) in [5, 5.41) is 21.8. The molecule has 5 N–H and O–H groups in total. The number of esters is 4. The van der Waals surface area contributed by atoms with E-state index >= 15 is 0 Å². The van der Waals surface area contributed by atoms with Crippen LogP contribution in [-0.4, -0.2) is 91.6 Å². The van der Waals surface area contributed by atoms with Gasteiger partial charge < -0.3 is 44.9 Å². The van der Waals surface area contributed by atoms with Crippen molar-refractivity contribution in [2.45, 2.75) is 45.8 Å². The summed E-state index contributed by atoms with van der Waals surface area (Å²) in [4.78, 5) is 73.0.